The Balaban J connectivity index is 1.74. The number of halogens is 4. The summed E-state index contributed by atoms with van der Waals surface area (Å²) in [4.78, 5) is 0. The molecule has 0 aliphatic heterocycles. The van der Waals surface area contributed by atoms with Crippen LogP contribution in [0.25, 0.3) is 11.4 Å². The van der Waals surface area contributed by atoms with Crippen LogP contribution >= 0.6 is 0 Å². The molecule has 0 atom stereocenters. The molecule has 0 bridgehead atoms. The van der Waals surface area contributed by atoms with Crippen molar-refractivity contribution in [1.29, 1.82) is 0 Å². The van der Waals surface area contributed by atoms with E-state index in [0.29, 0.717) is 20.6 Å². The number of benzene rings is 2. The van der Waals surface area contributed by atoms with Crippen LogP contribution in [0.5, 0.6) is 0 Å². The summed E-state index contributed by atoms with van der Waals surface area (Å²) in [5, 5.41) is 0. The first kappa shape index (κ1) is 27.6. The summed E-state index contributed by atoms with van der Waals surface area (Å²) in [7, 11) is 0. The van der Waals surface area contributed by atoms with Gasteiger partial charge in [-0.1, -0.05) is 0 Å². The fourth-order valence-corrected chi connectivity index (χ4v) is 14.4. The molecular formula is C34H30F4N2Ti. The summed E-state index contributed by atoms with van der Waals surface area (Å²) >= 11 is -4.92. The van der Waals surface area contributed by atoms with E-state index in [9.17, 15) is 0 Å². The molecule has 0 N–H and O–H groups in total. The van der Waals surface area contributed by atoms with Gasteiger partial charge in [-0.3, -0.25) is 0 Å². The Morgan fingerprint density at radius 3 is 1.24 bits per heavy atom. The van der Waals surface area contributed by atoms with Crippen molar-refractivity contribution in [2.24, 2.45) is 0 Å². The van der Waals surface area contributed by atoms with E-state index in [2.05, 4.69) is 0 Å². The van der Waals surface area contributed by atoms with E-state index in [1.807, 2.05) is 64.2 Å². The number of hydrogen-bond donors (Lipinski definition) is 0. The molecule has 0 unspecified atom stereocenters. The van der Waals surface area contributed by atoms with Crippen molar-refractivity contribution in [2.75, 3.05) is 0 Å². The van der Waals surface area contributed by atoms with Crippen molar-refractivity contribution in [3.05, 3.63) is 139 Å². The molecule has 4 aromatic rings. The molecule has 2 heterocycles. The molecule has 2 aliphatic rings. The second kappa shape index (κ2) is 10.3. The standard InChI is InChI=1S/2C12H10F2N.2C5H5.Ti/c2*1-8-6-15(7-9(8)2)12-4-3-10(13)5-11(12)14;2*1-2-4-5-3-1;/h2*3-4,6-7H,1-2H3;2*1-3H,4H2;. The summed E-state index contributed by atoms with van der Waals surface area (Å²) in [5.74, 6) is -3.14. The third-order valence-corrected chi connectivity index (χ3v) is 16.5. The van der Waals surface area contributed by atoms with Crippen LogP contribution in [-0.2, 0) is 16.6 Å². The molecule has 2 nitrogen and oxygen atoms in total. The number of nitrogens with zero attached hydrogens (tertiary/aromatic N) is 2. The molecule has 2 aromatic heterocycles. The molecule has 0 saturated heterocycles. The zero-order valence-electron chi connectivity index (χ0n) is 23.4. The first-order valence-corrected chi connectivity index (χ1v) is 16.8. The first-order chi connectivity index (χ1) is 19.6. The molecule has 0 amide bonds. The second-order valence-electron chi connectivity index (χ2n) is 11.0. The van der Waals surface area contributed by atoms with E-state index in [4.69, 9.17) is 0 Å². The molecule has 0 radical (unpaired) electrons. The van der Waals surface area contributed by atoms with Crippen LogP contribution in [0, 0.1) is 51.0 Å². The van der Waals surface area contributed by atoms with Gasteiger partial charge in [-0.05, 0) is 0 Å². The topological polar surface area (TPSA) is 9.86 Å². The SMILES string of the molecule is Cc1cn(-c2ccc(F)[c]([Ti]([C]3=CC=CC3)([C]3=CC=CC3)[c]3c(F)ccc(-n4cc(C)c(C)c4)c3F)c2F)cc1C. The average Bonchev–Trinajstić information content (AvgIpc) is 3.74. The first-order valence-electron chi connectivity index (χ1n) is 13.6. The molecule has 0 fully saturated rings. The summed E-state index contributed by atoms with van der Waals surface area (Å²) < 4.78 is 70.9. The summed E-state index contributed by atoms with van der Waals surface area (Å²) in [6.45, 7) is 7.67. The van der Waals surface area contributed by atoms with Gasteiger partial charge in [0.05, 0.1) is 0 Å². The monoisotopic (exact) mass is 590 g/mol. The van der Waals surface area contributed by atoms with Crippen LogP contribution in [0.1, 0.15) is 35.1 Å². The van der Waals surface area contributed by atoms with Crippen molar-refractivity contribution in [1.82, 2.24) is 9.13 Å². The Bertz CT molecular complexity index is 1660. The molecule has 2 aliphatic carbocycles. The normalized spacial score (nSPS) is 14.7. The van der Waals surface area contributed by atoms with E-state index >= 15 is 17.6 Å². The Morgan fingerprint density at radius 2 is 0.927 bits per heavy atom. The van der Waals surface area contributed by atoms with Gasteiger partial charge < -0.3 is 0 Å². The maximum absolute atomic E-state index is 17.0. The minimum atomic E-state index is -4.92. The van der Waals surface area contributed by atoms with Crippen LogP contribution in [0.2, 0.25) is 0 Å². The Labute approximate surface area is 241 Å². The third-order valence-electron chi connectivity index (χ3n) is 8.53. The van der Waals surface area contributed by atoms with Crippen LogP contribution in [-0.4, -0.2) is 9.13 Å². The fourth-order valence-electron chi connectivity index (χ4n) is 6.19. The molecule has 2 aromatic carbocycles. The Hall–Kier alpha value is -3.61. The fraction of sp³-hybridized carbons (Fsp3) is 0.176. The van der Waals surface area contributed by atoms with Crippen LogP contribution < -0.4 is 7.74 Å². The van der Waals surface area contributed by atoms with Gasteiger partial charge >= 0.3 is 242 Å². The molecule has 0 saturated carbocycles. The zero-order chi connectivity index (χ0) is 29.1. The number of aromatic nitrogens is 2. The van der Waals surface area contributed by atoms with Gasteiger partial charge in [0.25, 0.3) is 0 Å². The molecule has 6 rings (SSSR count). The van der Waals surface area contributed by atoms with Crippen LogP contribution in [0.4, 0.5) is 17.6 Å². The summed E-state index contributed by atoms with van der Waals surface area (Å²) in [6.07, 6.45) is 18.9. The van der Waals surface area contributed by atoms with Gasteiger partial charge in [0.2, 0.25) is 0 Å². The van der Waals surface area contributed by atoms with Crippen molar-refractivity contribution in [3.63, 3.8) is 0 Å². The van der Waals surface area contributed by atoms with Crippen LogP contribution in [0.15, 0.2) is 93.3 Å². The maximum atomic E-state index is 17.0. The molecular weight excluding hydrogens is 560 g/mol. The van der Waals surface area contributed by atoms with E-state index < -0.39 is 39.9 Å². The van der Waals surface area contributed by atoms with E-state index in [0.717, 1.165) is 22.3 Å². The molecule has 7 heteroatoms. The van der Waals surface area contributed by atoms with Gasteiger partial charge in [-0.2, -0.15) is 0 Å². The van der Waals surface area contributed by atoms with Gasteiger partial charge in [-0.25, -0.2) is 0 Å². The van der Waals surface area contributed by atoms with Crippen molar-refractivity contribution in [3.8, 4) is 11.4 Å². The molecule has 0 spiro atoms. The number of hydrogen-bond acceptors (Lipinski definition) is 0. The number of aryl methyl sites for hydroxylation is 4. The summed E-state index contributed by atoms with van der Waals surface area (Å²) in [5.41, 5.74) is 4.12. The quantitative estimate of drug-likeness (QED) is 0.160. The van der Waals surface area contributed by atoms with Gasteiger partial charge in [-0.15, -0.1) is 0 Å². The van der Waals surface area contributed by atoms with Crippen molar-refractivity contribution >= 4 is 7.74 Å². The number of rotatable bonds is 6. The van der Waals surface area contributed by atoms with Crippen LogP contribution in [0.3, 0.4) is 0 Å². The predicted molar refractivity (Wildman–Crippen MR) is 153 cm³/mol. The Kier molecular flexibility index (Phi) is 6.95. The number of allylic oxidation sites excluding steroid dienone is 8. The third kappa shape index (κ3) is 4.27. The average molecular weight is 590 g/mol. The van der Waals surface area contributed by atoms with Gasteiger partial charge in [0.1, 0.15) is 0 Å². The van der Waals surface area contributed by atoms with E-state index in [-0.39, 0.29) is 19.1 Å². The van der Waals surface area contributed by atoms with Crippen molar-refractivity contribution in [2.45, 2.75) is 40.5 Å². The Morgan fingerprint density at radius 1 is 0.561 bits per heavy atom. The van der Waals surface area contributed by atoms with E-state index in [1.165, 1.54) is 24.3 Å². The van der Waals surface area contributed by atoms with Crippen molar-refractivity contribution < 1.29 is 34.2 Å². The zero-order valence-corrected chi connectivity index (χ0v) is 25.0. The second-order valence-corrected chi connectivity index (χ2v) is 16.9. The van der Waals surface area contributed by atoms with Gasteiger partial charge in [0, 0.05) is 0 Å². The van der Waals surface area contributed by atoms with Gasteiger partial charge in [0.15, 0.2) is 0 Å². The molecule has 41 heavy (non-hydrogen) atoms. The van der Waals surface area contributed by atoms with E-state index in [1.54, 1.807) is 33.9 Å². The minimum absolute atomic E-state index is 0.152. The predicted octanol–water partition coefficient (Wildman–Crippen LogP) is 7.85. The molecule has 208 valence electrons. The summed E-state index contributed by atoms with van der Waals surface area (Å²) in [6, 6.07) is 5.28.